The summed E-state index contributed by atoms with van der Waals surface area (Å²) in [6, 6.07) is 12.2. The highest BCUT2D eigenvalue weighted by Crippen LogP contribution is 2.30. The number of carbonyl (C=O) groups excluding carboxylic acids is 2. The average molecular weight is 419 g/mol. The van der Waals surface area contributed by atoms with E-state index in [1.54, 1.807) is 18.2 Å². The Hall–Kier alpha value is -2.78. The predicted octanol–water partition coefficient (Wildman–Crippen LogP) is 2.16. The van der Waals surface area contributed by atoms with Gasteiger partial charge in [-0.1, -0.05) is 24.3 Å². The van der Waals surface area contributed by atoms with E-state index in [1.807, 2.05) is 6.07 Å². The quantitative estimate of drug-likeness (QED) is 0.579. The van der Waals surface area contributed by atoms with E-state index in [2.05, 4.69) is 15.4 Å². The van der Waals surface area contributed by atoms with Gasteiger partial charge >= 0.3 is 0 Å². The molecule has 3 N–H and O–H groups in total. The molecule has 0 heterocycles. The molecule has 154 valence electrons. The van der Waals surface area contributed by atoms with E-state index in [4.69, 9.17) is 0 Å². The lowest BCUT2D eigenvalue weighted by atomic mass is 10.2. The first-order chi connectivity index (χ1) is 13.8. The molecule has 0 aliphatic heterocycles. The number of sulfonamides is 1. The van der Waals surface area contributed by atoms with Crippen LogP contribution in [0.3, 0.4) is 0 Å². The summed E-state index contributed by atoms with van der Waals surface area (Å²) in [5.41, 5.74) is 1.48. The van der Waals surface area contributed by atoms with Gasteiger partial charge < -0.3 is 10.6 Å². The van der Waals surface area contributed by atoms with Crippen molar-refractivity contribution in [2.75, 3.05) is 11.9 Å². The van der Waals surface area contributed by atoms with Crippen LogP contribution in [0.2, 0.25) is 0 Å². The number of carbonyl (C=O) groups is 2. The third-order valence-corrected chi connectivity index (χ3v) is 5.90. The summed E-state index contributed by atoms with van der Waals surface area (Å²) in [6.45, 7) is 0.0893. The average Bonchev–Trinajstić information content (AvgIpc) is 3.52. The van der Waals surface area contributed by atoms with Crippen molar-refractivity contribution in [1.29, 1.82) is 0 Å². The maximum Gasteiger partial charge on any atom is 0.243 e. The number of hydrogen-bond donors (Lipinski definition) is 3. The molecule has 0 atom stereocenters. The van der Waals surface area contributed by atoms with Gasteiger partial charge in [-0.25, -0.2) is 17.5 Å². The zero-order valence-electron chi connectivity index (χ0n) is 15.7. The number of halogens is 1. The van der Waals surface area contributed by atoms with Crippen molar-refractivity contribution in [2.45, 2.75) is 30.7 Å². The van der Waals surface area contributed by atoms with Crippen LogP contribution in [0, 0.1) is 11.7 Å². The molecule has 1 aliphatic carbocycles. The van der Waals surface area contributed by atoms with Crippen molar-refractivity contribution in [3.05, 3.63) is 59.9 Å². The Kier molecular flexibility index (Phi) is 6.60. The Balaban J connectivity index is 1.44. The Morgan fingerprint density at radius 2 is 1.83 bits per heavy atom. The van der Waals surface area contributed by atoms with Crippen LogP contribution in [0.4, 0.5) is 10.1 Å². The summed E-state index contributed by atoms with van der Waals surface area (Å²) in [4.78, 5) is 23.3. The van der Waals surface area contributed by atoms with Gasteiger partial charge in [-0.2, -0.15) is 0 Å². The van der Waals surface area contributed by atoms with E-state index in [0.717, 1.165) is 30.5 Å². The summed E-state index contributed by atoms with van der Waals surface area (Å²) in [5.74, 6) is -1.09. The summed E-state index contributed by atoms with van der Waals surface area (Å²) in [5, 5.41) is 5.54. The van der Waals surface area contributed by atoms with E-state index in [9.17, 15) is 22.4 Å². The second-order valence-corrected chi connectivity index (χ2v) is 8.55. The molecule has 1 aliphatic rings. The minimum absolute atomic E-state index is 0.00771. The van der Waals surface area contributed by atoms with Crippen LogP contribution < -0.4 is 15.4 Å². The van der Waals surface area contributed by atoms with Crippen LogP contribution in [0.15, 0.2) is 53.4 Å². The van der Waals surface area contributed by atoms with E-state index < -0.39 is 20.7 Å². The predicted molar refractivity (Wildman–Crippen MR) is 106 cm³/mol. The summed E-state index contributed by atoms with van der Waals surface area (Å²) < 4.78 is 40.0. The first-order valence-electron chi connectivity index (χ1n) is 9.26. The Bertz CT molecular complexity index is 1010. The fourth-order valence-corrected chi connectivity index (χ4v) is 3.79. The van der Waals surface area contributed by atoms with Gasteiger partial charge in [0.25, 0.3) is 0 Å². The number of benzene rings is 2. The lowest BCUT2D eigenvalue weighted by Gasteiger charge is -2.09. The van der Waals surface area contributed by atoms with Gasteiger partial charge in [-0.15, -0.1) is 0 Å². The third kappa shape index (κ3) is 6.10. The maximum atomic E-state index is 13.6. The van der Waals surface area contributed by atoms with E-state index in [-0.39, 0.29) is 37.2 Å². The molecule has 9 heteroatoms. The SMILES string of the molecule is O=C(CCNS(=O)(=O)c1ccccc1F)NCc1cccc(NC(=O)C2CC2)c1. The number of amides is 2. The Morgan fingerprint density at radius 1 is 1.07 bits per heavy atom. The van der Waals surface area contributed by atoms with Crippen molar-refractivity contribution in [3.8, 4) is 0 Å². The first-order valence-corrected chi connectivity index (χ1v) is 10.7. The minimum Gasteiger partial charge on any atom is -0.352 e. The molecule has 0 spiro atoms. The molecule has 7 nitrogen and oxygen atoms in total. The van der Waals surface area contributed by atoms with Crippen molar-refractivity contribution in [1.82, 2.24) is 10.0 Å². The van der Waals surface area contributed by atoms with Crippen LogP contribution in [0.25, 0.3) is 0 Å². The zero-order valence-corrected chi connectivity index (χ0v) is 16.5. The van der Waals surface area contributed by atoms with Crippen molar-refractivity contribution < 1.29 is 22.4 Å². The number of hydrogen-bond acceptors (Lipinski definition) is 4. The van der Waals surface area contributed by atoms with Crippen LogP contribution in [0.5, 0.6) is 0 Å². The standard InChI is InChI=1S/C20H22FN3O4S/c21-17-6-1-2-7-18(17)29(27,28)23-11-10-19(25)22-13-14-4-3-5-16(12-14)24-20(26)15-8-9-15/h1-7,12,15,23H,8-11,13H2,(H,22,25)(H,24,26). The van der Waals surface area contributed by atoms with Gasteiger partial charge in [0.15, 0.2) is 0 Å². The van der Waals surface area contributed by atoms with Gasteiger partial charge in [0, 0.05) is 31.1 Å². The summed E-state index contributed by atoms with van der Waals surface area (Å²) >= 11 is 0. The second kappa shape index (κ2) is 9.15. The molecule has 0 aromatic heterocycles. The van der Waals surface area contributed by atoms with Gasteiger partial charge in [0.1, 0.15) is 10.7 Å². The highest BCUT2D eigenvalue weighted by atomic mass is 32.2. The topological polar surface area (TPSA) is 104 Å². The Labute approximate surface area is 168 Å². The molecule has 0 saturated heterocycles. The van der Waals surface area contributed by atoms with Gasteiger partial charge in [0.05, 0.1) is 0 Å². The van der Waals surface area contributed by atoms with Crippen LogP contribution in [-0.2, 0) is 26.2 Å². The molecule has 2 amide bonds. The molecule has 0 bridgehead atoms. The summed E-state index contributed by atoms with van der Waals surface area (Å²) in [6.07, 6.45) is 1.75. The molecule has 2 aromatic carbocycles. The second-order valence-electron chi connectivity index (χ2n) is 6.82. The zero-order chi connectivity index (χ0) is 20.9. The lowest BCUT2D eigenvalue weighted by molar-refractivity contribution is -0.121. The lowest BCUT2D eigenvalue weighted by Crippen LogP contribution is -2.31. The number of rotatable bonds is 9. The van der Waals surface area contributed by atoms with Gasteiger partial charge in [0.2, 0.25) is 21.8 Å². The molecule has 0 radical (unpaired) electrons. The van der Waals surface area contributed by atoms with E-state index in [0.29, 0.717) is 5.69 Å². The first kappa shape index (κ1) is 20.9. The highest BCUT2D eigenvalue weighted by molar-refractivity contribution is 7.89. The van der Waals surface area contributed by atoms with Crippen molar-refractivity contribution in [2.24, 2.45) is 5.92 Å². The molecule has 2 aromatic rings. The number of nitrogens with one attached hydrogen (secondary N) is 3. The highest BCUT2D eigenvalue weighted by Gasteiger charge is 2.29. The fourth-order valence-electron chi connectivity index (χ4n) is 2.68. The van der Waals surface area contributed by atoms with Gasteiger partial charge in [-0.05, 0) is 42.7 Å². The van der Waals surface area contributed by atoms with Crippen molar-refractivity contribution in [3.63, 3.8) is 0 Å². The fraction of sp³-hybridized carbons (Fsp3) is 0.300. The monoisotopic (exact) mass is 419 g/mol. The Morgan fingerprint density at radius 3 is 2.55 bits per heavy atom. The minimum atomic E-state index is -4.02. The maximum absolute atomic E-state index is 13.6. The molecule has 0 unspecified atom stereocenters. The molecule has 1 saturated carbocycles. The van der Waals surface area contributed by atoms with E-state index >= 15 is 0 Å². The smallest absolute Gasteiger partial charge is 0.243 e. The van der Waals surface area contributed by atoms with Crippen LogP contribution in [-0.4, -0.2) is 26.8 Å². The van der Waals surface area contributed by atoms with Crippen LogP contribution >= 0.6 is 0 Å². The van der Waals surface area contributed by atoms with Crippen molar-refractivity contribution >= 4 is 27.5 Å². The summed E-state index contributed by atoms with van der Waals surface area (Å²) in [7, 11) is -4.02. The van der Waals surface area contributed by atoms with Gasteiger partial charge in [-0.3, -0.25) is 9.59 Å². The molecule has 3 rings (SSSR count). The molecular weight excluding hydrogens is 397 g/mol. The number of anilines is 1. The molecule has 1 fully saturated rings. The molecular formula is C20H22FN3O4S. The van der Waals surface area contributed by atoms with Crippen LogP contribution in [0.1, 0.15) is 24.8 Å². The largest absolute Gasteiger partial charge is 0.352 e. The molecule has 29 heavy (non-hydrogen) atoms. The normalized spacial score (nSPS) is 13.7. The third-order valence-electron chi connectivity index (χ3n) is 4.40. The van der Waals surface area contributed by atoms with E-state index in [1.165, 1.54) is 12.1 Å².